The second kappa shape index (κ2) is 5.47. The van der Waals surface area contributed by atoms with Gasteiger partial charge in [0, 0.05) is 21.8 Å². The average Bonchev–Trinajstić information content (AvgIpc) is 2.53. The van der Waals surface area contributed by atoms with Gasteiger partial charge in [-0.05, 0) is 6.07 Å². The van der Waals surface area contributed by atoms with Crippen LogP contribution in [0.1, 0.15) is 31.8 Å². The van der Waals surface area contributed by atoms with Gasteiger partial charge in [-0.2, -0.15) is 0 Å². The van der Waals surface area contributed by atoms with Crippen molar-refractivity contribution < 1.29 is 19.8 Å². The Morgan fingerprint density at radius 3 is 2.23 bits per heavy atom. The van der Waals surface area contributed by atoms with Crippen molar-refractivity contribution in [1.82, 2.24) is 0 Å². The summed E-state index contributed by atoms with van der Waals surface area (Å²) in [6.07, 6.45) is 0. The standard InChI is InChI=1S/C16H13NO4S/c17-14-11(22-6-5-18)7-10(19)12-13(14)16(21)9-4-2-1-3-8(9)15(12)20/h1-4,7,18-19H,5-6,17H2. The topological polar surface area (TPSA) is 101 Å². The van der Waals surface area contributed by atoms with Gasteiger partial charge in [-0.1, -0.05) is 24.3 Å². The Labute approximate surface area is 130 Å². The molecule has 112 valence electrons. The minimum atomic E-state index is -0.409. The van der Waals surface area contributed by atoms with Crippen LogP contribution in [0.25, 0.3) is 0 Å². The number of aromatic hydroxyl groups is 1. The highest BCUT2D eigenvalue weighted by Crippen LogP contribution is 2.41. The molecule has 4 N–H and O–H groups in total. The quantitative estimate of drug-likeness (QED) is 0.387. The van der Waals surface area contributed by atoms with Gasteiger partial charge in [0.25, 0.3) is 0 Å². The Hall–Kier alpha value is -2.31. The first-order chi connectivity index (χ1) is 10.6. The lowest BCUT2D eigenvalue weighted by molar-refractivity contribution is 0.0977. The van der Waals surface area contributed by atoms with Gasteiger partial charge in [-0.15, -0.1) is 11.8 Å². The number of carbonyl (C=O) groups excluding carboxylic acids is 2. The van der Waals surface area contributed by atoms with Crippen LogP contribution in [0.4, 0.5) is 5.69 Å². The summed E-state index contributed by atoms with van der Waals surface area (Å²) in [4.78, 5) is 25.7. The van der Waals surface area contributed by atoms with Crippen LogP contribution in [-0.4, -0.2) is 34.1 Å². The number of carbonyl (C=O) groups is 2. The highest BCUT2D eigenvalue weighted by Gasteiger charge is 2.34. The van der Waals surface area contributed by atoms with E-state index in [4.69, 9.17) is 10.8 Å². The minimum absolute atomic E-state index is 0.0455. The van der Waals surface area contributed by atoms with Crippen LogP contribution in [-0.2, 0) is 0 Å². The largest absolute Gasteiger partial charge is 0.507 e. The van der Waals surface area contributed by atoms with Crippen LogP contribution in [0.15, 0.2) is 35.2 Å². The van der Waals surface area contributed by atoms with Crippen molar-refractivity contribution in [2.45, 2.75) is 4.90 Å². The van der Waals surface area contributed by atoms with Crippen molar-refractivity contribution in [2.75, 3.05) is 18.1 Å². The lowest BCUT2D eigenvalue weighted by Crippen LogP contribution is -2.22. The van der Waals surface area contributed by atoms with E-state index < -0.39 is 5.78 Å². The number of phenols is 1. The molecule has 22 heavy (non-hydrogen) atoms. The number of hydrogen-bond donors (Lipinski definition) is 3. The zero-order valence-corrected chi connectivity index (χ0v) is 12.3. The average molecular weight is 315 g/mol. The van der Waals surface area contributed by atoms with E-state index in [1.165, 1.54) is 17.8 Å². The number of nitrogen functional groups attached to an aromatic ring is 1. The van der Waals surface area contributed by atoms with Crippen LogP contribution in [0.2, 0.25) is 0 Å². The van der Waals surface area contributed by atoms with Crippen LogP contribution >= 0.6 is 11.8 Å². The first-order valence-electron chi connectivity index (χ1n) is 6.63. The molecule has 6 heteroatoms. The van der Waals surface area contributed by atoms with Crippen molar-refractivity contribution in [2.24, 2.45) is 0 Å². The molecular formula is C16H13NO4S. The first kappa shape index (κ1) is 14.6. The third-order valence-corrected chi connectivity index (χ3v) is 4.56. The summed E-state index contributed by atoms with van der Waals surface area (Å²) in [5.74, 6) is -0.670. The Morgan fingerprint density at radius 1 is 1.05 bits per heavy atom. The molecule has 5 nitrogen and oxygen atoms in total. The SMILES string of the molecule is Nc1c(SCCO)cc(O)c2c1C(=O)c1ccccc1C2=O. The van der Waals surface area contributed by atoms with Gasteiger partial charge in [-0.25, -0.2) is 0 Å². The maximum Gasteiger partial charge on any atom is 0.198 e. The Morgan fingerprint density at radius 2 is 1.64 bits per heavy atom. The number of fused-ring (bicyclic) bond motifs is 2. The summed E-state index contributed by atoms with van der Waals surface area (Å²) < 4.78 is 0. The second-order valence-corrected chi connectivity index (χ2v) is 5.97. The van der Waals surface area contributed by atoms with Gasteiger partial charge in [0.1, 0.15) is 5.75 Å². The van der Waals surface area contributed by atoms with Crippen molar-refractivity contribution in [3.63, 3.8) is 0 Å². The van der Waals surface area contributed by atoms with Gasteiger partial charge >= 0.3 is 0 Å². The molecule has 2 aromatic carbocycles. The molecule has 1 aliphatic carbocycles. The van der Waals surface area contributed by atoms with Crippen LogP contribution in [0.5, 0.6) is 5.75 Å². The summed E-state index contributed by atoms with van der Waals surface area (Å²) in [6, 6.07) is 7.84. The van der Waals surface area contributed by atoms with Gasteiger partial charge in [0.2, 0.25) is 0 Å². The molecule has 1 aliphatic rings. The number of anilines is 1. The zero-order valence-electron chi connectivity index (χ0n) is 11.5. The minimum Gasteiger partial charge on any atom is -0.507 e. The predicted octanol–water partition coefficient (Wildman–Crippen LogP) is 1.83. The molecular weight excluding hydrogens is 302 g/mol. The smallest absolute Gasteiger partial charge is 0.198 e. The third kappa shape index (κ3) is 2.08. The van der Waals surface area contributed by atoms with E-state index in [0.717, 1.165) is 0 Å². The highest BCUT2D eigenvalue weighted by molar-refractivity contribution is 7.99. The number of benzene rings is 2. The number of ketones is 2. The number of nitrogens with two attached hydrogens (primary N) is 1. The van der Waals surface area contributed by atoms with E-state index in [1.807, 2.05) is 0 Å². The lowest BCUT2D eigenvalue weighted by atomic mass is 9.83. The molecule has 3 rings (SSSR count). The van der Waals surface area contributed by atoms with Crippen molar-refractivity contribution >= 4 is 29.0 Å². The molecule has 0 saturated carbocycles. The molecule has 0 fully saturated rings. The van der Waals surface area contributed by atoms with E-state index in [1.54, 1.807) is 24.3 Å². The summed E-state index contributed by atoms with van der Waals surface area (Å²) in [5.41, 5.74) is 6.76. The molecule has 0 spiro atoms. The molecule has 0 unspecified atom stereocenters. The number of aliphatic hydroxyl groups is 1. The maximum absolute atomic E-state index is 12.7. The van der Waals surface area contributed by atoms with Crippen molar-refractivity contribution in [3.8, 4) is 5.75 Å². The van der Waals surface area contributed by atoms with Crippen molar-refractivity contribution in [3.05, 3.63) is 52.6 Å². The zero-order chi connectivity index (χ0) is 15.9. The van der Waals surface area contributed by atoms with E-state index in [2.05, 4.69) is 0 Å². The van der Waals surface area contributed by atoms with E-state index in [9.17, 15) is 14.7 Å². The van der Waals surface area contributed by atoms with Gasteiger partial charge in [-0.3, -0.25) is 9.59 Å². The summed E-state index contributed by atoms with van der Waals surface area (Å²) in [7, 11) is 0. The van der Waals surface area contributed by atoms with E-state index in [-0.39, 0.29) is 46.1 Å². The van der Waals surface area contributed by atoms with Crippen molar-refractivity contribution in [1.29, 1.82) is 0 Å². The Balaban J connectivity index is 2.24. The number of hydrogen-bond acceptors (Lipinski definition) is 6. The Kier molecular flexibility index (Phi) is 3.64. The molecule has 0 saturated heterocycles. The molecule has 0 heterocycles. The summed E-state index contributed by atoms with van der Waals surface area (Å²) in [6.45, 7) is -0.0579. The summed E-state index contributed by atoms with van der Waals surface area (Å²) in [5, 5.41) is 19.1. The molecule has 0 radical (unpaired) electrons. The maximum atomic E-state index is 12.7. The van der Waals surface area contributed by atoms with Gasteiger partial charge < -0.3 is 15.9 Å². The Bertz CT molecular complexity index is 801. The fourth-order valence-corrected chi connectivity index (χ4v) is 3.31. The lowest BCUT2D eigenvalue weighted by Gasteiger charge is -2.21. The van der Waals surface area contributed by atoms with Crippen LogP contribution < -0.4 is 5.73 Å². The monoisotopic (exact) mass is 315 g/mol. The molecule has 0 amide bonds. The number of rotatable bonds is 3. The molecule has 0 bridgehead atoms. The fourth-order valence-electron chi connectivity index (χ4n) is 2.55. The molecule has 0 atom stereocenters. The fraction of sp³-hybridized carbons (Fsp3) is 0.125. The van der Waals surface area contributed by atoms with E-state index in [0.29, 0.717) is 10.6 Å². The van der Waals surface area contributed by atoms with E-state index >= 15 is 0 Å². The third-order valence-electron chi connectivity index (χ3n) is 3.53. The number of thioether (sulfide) groups is 1. The number of aliphatic hydroxyl groups excluding tert-OH is 1. The molecule has 2 aromatic rings. The number of phenolic OH excluding ortho intramolecular Hbond substituents is 1. The molecule has 0 aromatic heterocycles. The predicted molar refractivity (Wildman–Crippen MR) is 83.6 cm³/mol. The second-order valence-electron chi connectivity index (χ2n) is 4.83. The normalized spacial score (nSPS) is 13.0. The van der Waals surface area contributed by atoms with Crippen LogP contribution in [0, 0.1) is 0 Å². The van der Waals surface area contributed by atoms with Gasteiger partial charge in [0.05, 0.1) is 23.4 Å². The summed E-state index contributed by atoms with van der Waals surface area (Å²) >= 11 is 1.22. The van der Waals surface area contributed by atoms with Gasteiger partial charge in [0.15, 0.2) is 11.6 Å². The molecule has 0 aliphatic heterocycles. The first-order valence-corrected chi connectivity index (χ1v) is 7.62. The highest BCUT2D eigenvalue weighted by atomic mass is 32.2. The van der Waals surface area contributed by atoms with Crippen LogP contribution in [0.3, 0.4) is 0 Å².